The van der Waals surface area contributed by atoms with Crippen LogP contribution in [-0.2, 0) is 9.47 Å². The fourth-order valence-electron chi connectivity index (χ4n) is 4.72. The standard InChI is InChI=1S/C30H54O3/c1-11-24(5)17-20-31-21-18-30(10,12-2)19-22-32-25(6)33-27-15-13-26(14-16-27)28(23(3)4)29(7,8)9/h13-16,23-25,28H,11-12,17-22H2,1-10H3. The van der Waals surface area contributed by atoms with Gasteiger partial charge in [-0.25, -0.2) is 0 Å². The van der Waals surface area contributed by atoms with Gasteiger partial charge in [-0.3, -0.25) is 0 Å². The van der Waals surface area contributed by atoms with Gasteiger partial charge in [-0.05, 0) is 72.5 Å². The third-order valence-electron chi connectivity index (χ3n) is 7.35. The van der Waals surface area contributed by atoms with Crippen molar-refractivity contribution in [1.82, 2.24) is 0 Å². The van der Waals surface area contributed by atoms with Gasteiger partial charge in [0.1, 0.15) is 5.75 Å². The van der Waals surface area contributed by atoms with Gasteiger partial charge in [0, 0.05) is 13.2 Å². The predicted molar refractivity (Wildman–Crippen MR) is 142 cm³/mol. The minimum Gasteiger partial charge on any atom is -0.465 e. The van der Waals surface area contributed by atoms with Gasteiger partial charge in [-0.15, -0.1) is 0 Å². The maximum atomic E-state index is 6.04. The van der Waals surface area contributed by atoms with Gasteiger partial charge < -0.3 is 14.2 Å². The van der Waals surface area contributed by atoms with Gasteiger partial charge in [0.2, 0.25) is 0 Å². The van der Waals surface area contributed by atoms with Crippen molar-refractivity contribution in [3.63, 3.8) is 0 Å². The highest BCUT2D eigenvalue weighted by atomic mass is 16.7. The fraction of sp³-hybridized carbons (Fsp3) is 0.800. The smallest absolute Gasteiger partial charge is 0.196 e. The molecule has 0 aromatic heterocycles. The quantitative estimate of drug-likeness (QED) is 0.181. The lowest BCUT2D eigenvalue weighted by molar-refractivity contribution is -0.0762. The van der Waals surface area contributed by atoms with E-state index < -0.39 is 0 Å². The topological polar surface area (TPSA) is 27.7 Å². The van der Waals surface area contributed by atoms with Gasteiger partial charge in [0.25, 0.3) is 0 Å². The summed E-state index contributed by atoms with van der Waals surface area (Å²) in [5, 5.41) is 0. The highest BCUT2D eigenvalue weighted by Gasteiger charge is 2.29. The molecule has 0 heterocycles. The number of rotatable bonds is 16. The molecule has 0 radical (unpaired) electrons. The van der Waals surface area contributed by atoms with Crippen molar-refractivity contribution in [2.45, 2.75) is 114 Å². The zero-order valence-corrected chi connectivity index (χ0v) is 23.5. The second kappa shape index (κ2) is 14.4. The Bertz CT molecular complexity index is 631. The van der Waals surface area contributed by atoms with Gasteiger partial charge in [-0.1, -0.05) is 87.3 Å². The maximum Gasteiger partial charge on any atom is 0.196 e. The van der Waals surface area contributed by atoms with Gasteiger partial charge in [0.15, 0.2) is 6.29 Å². The molecule has 1 aromatic rings. The maximum absolute atomic E-state index is 6.04. The molecule has 0 aliphatic heterocycles. The van der Waals surface area contributed by atoms with E-state index in [9.17, 15) is 0 Å². The summed E-state index contributed by atoms with van der Waals surface area (Å²) < 4.78 is 18.0. The van der Waals surface area contributed by atoms with Crippen molar-refractivity contribution < 1.29 is 14.2 Å². The molecule has 0 saturated heterocycles. The van der Waals surface area contributed by atoms with Crippen molar-refractivity contribution in [1.29, 1.82) is 0 Å². The minimum absolute atomic E-state index is 0.234. The Morgan fingerprint density at radius 3 is 1.94 bits per heavy atom. The van der Waals surface area contributed by atoms with Crippen molar-refractivity contribution in [3.8, 4) is 5.75 Å². The van der Waals surface area contributed by atoms with Crippen LogP contribution < -0.4 is 4.74 Å². The molecule has 1 rings (SSSR count). The lowest BCUT2D eigenvalue weighted by atomic mass is 9.70. The Labute approximate surface area is 206 Å². The molecule has 4 atom stereocenters. The number of hydrogen-bond donors (Lipinski definition) is 0. The van der Waals surface area contributed by atoms with Gasteiger partial charge >= 0.3 is 0 Å². The molecule has 33 heavy (non-hydrogen) atoms. The molecule has 0 aliphatic carbocycles. The molecule has 4 unspecified atom stereocenters. The van der Waals surface area contributed by atoms with Gasteiger partial charge in [-0.2, -0.15) is 0 Å². The fourth-order valence-corrected chi connectivity index (χ4v) is 4.72. The van der Waals surface area contributed by atoms with Gasteiger partial charge in [0.05, 0.1) is 6.61 Å². The first kappa shape index (κ1) is 30.0. The Morgan fingerprint density at radius 1 is 0.818 bits per heavy atom. The van der Waals surface area contributed by atoms with E-state index >= 15 is 0 Å². The van der Waals surface area contributed by atoms with Crippen molar-refractivity contribution in [2.24, 2.45) is 22.7 Å². The Balaban J connectivity index is 2.45. The lowest BCUT2D eigenvalue weighted by Crippen LogP contribution is -2.24. The summed E-state index contributed by atoms with van der Waals surface area (Å²) in [5.74, 6) is 2.74. The molecule has 3 nitrogen and oxygen atoms in total. The zero-order valence-electron chi connectivity index (χ0n) is 23.5. The van der Waals surface area contributed by atoms with Crippen LogP contribution in [-0.4, -0.2) is 26.1 Å². The Hall–Kier alpha value is -1.06. The summed E-state index contributed by atoms with van der Waals surface area (Å²) in [4.78, 5) is 0. The van der Waals surface area contributed by atoms with E-state index in [1.807, 2.05) is 6.92 Å². The molecule has 1 aromatic carbocycles. The van der Waals surface area contributed by atoms with E-state index in [1.54, 1.807) is 0 Å². The van der Waals surface area contributed by atoms with E-state index in [1.165, 1.54) is 12.0 Å². The highest BCUT2D eigenvalue weighted by Crippen LogP contribution is 2.41. The van der Waals surface area contributed by atoms with E-state index in [0.717, 1.165) is 50.6 Å². The average Bonchev–Trinajstić information content (AvgIpc) is 2.73. The first-order valence-corrected chi connectivity index (χ1v) is 13.4. The van der Waals surface area contributed by atoms with E-state index in [2.05, 4.69) is 86.6 Å². The molecular weight excluding hydrogens is 408 g/mol. The van der Waals surface area contributed by atoms with Crippen LogP contribution >= 0.6 is 0 Å². The zero-order chi connectivity index (χ0) is 25.1. The van der Waals surface area contributed by atoms with Crippen LogP contribution in [0.4, 0.5) is 0 Å². The Morgan fingerprint density at radius 2 is 1.42 bits per heavy atom. The monoisotopic (exact) mass is 462 g/mol. The van der Waals surface area contributed by atoms with Crippen LogP contribution in [0.1, 0.15) is 113 Å². The summed E-state index contributed by atoms with van der Waals surface area (Å²) >= 11 is 0. The van der Waals surface area contributed by atoms with E-state index in [0.29, 0.717) is 18.4 Å². The van der Waals surface area contributed by atoms with Crippen LogP contribution in [0.15, 0.2) is 24.3 Å². The first-order chi connectivity index (χ1) is 15.4. The third kappa shape index (κ3) is 11.3. The van der Waals surface area contributed by atoms with E-state index in [4.69, 9.17) is 14.2 Å². The minimum atomic E-state index is -0.257. The number of hydrogen-bond acceptors (Lipinski definition) is 3. The molecule has 0 fully saturated rings. The van der Waals surface area contributed by atoms with Crippen LogP contribution in [0.3, 0.4) is 0 Å². The summed E-state index contributed by atoms with van der Waals surface area (Å²) in [7, 11) is 0. The summed E-state index contributed by atoms with van der Waals surface area (Å²) in [5.41, 5.74) is 1.86. The van der Waals surface area contributed by atoms with Crippen LogP contribution in [0.5, 0.6) is 5.75 Å². The van der Waals surface area contributed by atoms with Crippen molar-refractivity contribution >= 4 is 0 Å². The summed E-state index contributed by atoms with van der Waals surface area (Å²) in [6, 6.07) is 8.60. The number of ether oxygens (including phenoxy) is 3. The summed E-state index contributed by atoms with van der Waals surface area (Å²) in [6.45, 7) is 25.1. The molecule has 0 spiro atoms. The largest absolute Gasteiger partial charge is 0.465 e. The molecule has 0 saturated carbocycles. The van der Waals surface area contributed by atoms with Crippen LogP contribution in [0.2, 0.25) is 0 Å². The molecule has 0 amide bonds. The molecular formula is C30H54O3. The predicted octanol–water partition coefficient (Wildman–Crippen LogP) is 8.86. The third-order valence-corrected chi connectivity index (χ3v) is 7.35. The van der Waals surface area contributed by atoms with Crippen molar-refractivity contribution in [2.75, 3.05) is 19.8 Å². The molecule has 0 N–H and O–H groups in total. The highest BCUT2D eigenvalue weighted by molar-refractivity contribution is 5.30. The van der Waals surface area contributed by atoms with E-state index in [-0.39, 0.29) is 17.1 Å². The summed E-state index contributed by atoms with van der Waals surface area (Å²) in [6.07, 6.45) is 5.36. The normalized spacial score (nSPS) is 16.9. The SMILES string of the molecule is CCC(C)CCOCCC(C)(CC)CCOC(C)Oc1ccc(C(C(C)C)C(C)(C)C)cc1. The van der Waals surface area contributed by atoms with Crippen molar-refractivity contribution in [3.05, 3.63) is 29.8 Å². The number of benzene rings is 1. The Kier molecular flexibility index (Phi) is 13.0. The second-order valence-electron chi connectivity index (χ2n) is 11.8. The second-order valence-corrected chi connectivity index (χ2v) is 11.8. The molecule has 192 valence electrons. The van der Waals surface area contributed by atoms with Crippen LogP contribution in [0.25, 0.3) is 0 Å². The lowest BCUT2D eigenvalue weighted by Gasteiger charge is -2.34. The molecule has 0 aliphatic rings. The van der Waals surface area contributed by atoms with Crippen LogP contribution in [0, 0.1) is 22.7 Å². The molecule has 0 bridgehead atoms. The average molecular weight is 463 g/mol. The first-order valence-electron chi connectivity index (χ1n) is 13.4. The molecule has 3 heteroatoms.